The van der Waals surface area contributed by atoms with Gasteiger partial charge in [0, 0.05) is 18.5 Å². The molecule has 1 saturated carbocycles. The lowest BCUT2D eigenvalue weighted by atomic mass is 9.74. The van der Waals surface area contributed by atoms with Crippen LogP contribution in [0.25, 0.3) is 0 Å². The minimum absolute atomic E-state index is 0.171. The molecule has 1 aliphatic rings. The van der Waals surface area contributed by atoms with E-state index in [0.29, 0.717) is 12.8 Å². The molecule has 1 fully saturated rings. The smallest absolute Gasteiger partial charge is 0.142 e. The highest BCUT2D eigenvalue weighted by atomic mass is 16.1. The zero-order chi connectivity index (χ0) is 11.6. The Morgan fingerprint density at radius 1 is 1.62 bits per heavy atom. The van der Waals surface area contributed by atoms with Gasteiger partial charge in [0.1, 0.15) is 17.9 Å². The molecule has 0 unspecified atom stereocenters. The van der Waals surface area contributed by atoms with E-state index in [1.165, 1.54) is 6.33 Å². The van der Waals surface area contributed by atoms with Gasteiger partial charge >= 0.3 is 0 Å². The summed E-state index contributed by atoms with van der Waals surface area (Å²) in [5.41, 5.74) is 5.81. The second kappa shape index (κ2) is 4.33. The van der Waals surface area contributed by atoms with Crippen molar-refractivity contribution < 1.29 is 4.79 Å². The number of hydrogen-bond acceptors (Lipinski definition) is 4. The molecule has 0 saturated heterocycles. The van der Waals surface area contributed by atoms with Crippen molar-refractivity contribution in [1.82, 2.24) is 14.8 Å². The van der Waals surface area contributed by atoms with Gasteiger partial charge in [-0.3, -0.25) is 4.79 Å². The van der Waals surface area contributed by atoms with Gasteiger partial charge in [0.25, 0.3) is 0 Å². The summed E-state index contributed by atoms with van der Waals surface area (Å²) in [5.74, 6) is 0.917. The number of carbonyl (C=O) groups excluding carboxylic acids is 1. The van der Waals surface area contributed by atoms with Gasteiger partial charge in [0.15, 0.2) is 0 Å². The Morgan fingerprint density at radius 2 is 2.38 bits per heavy atom. The Morgan fingerprint density at radius 3 is 2.94 bits per heavy atom. The fourth-order valence-corrected chi connectivity index (χ4v) is 2.13. The van der Waals surface area contributed by atoms with Gasteiger partial charge in [0.05, 0.1) is 6.42 Å². The van der Waals surface area contributed by atoms with Crippen LogP contribution in [0.3, 0.4) is 0 Å². The van der Waals surface area contributed by atoms with Crippen molar-refractivity contribution in [2.45, 2.75) is 51.1 Å². The van der Waals surface area contributed by atoms with E-state index in [9.17, 15) is 4.79 Å². The summed E-state index contributed by atoms with van der Waals surface area (Å²) in [6.07, 6.45) is 5.41. The zero-order valence-electron chi connectivity index (χ0n) is 9.65. The van der Waals surface area contributed by atoms with Crippen molar-refractivity contribution in [2.75, 3.05) is 0 Å². The maximum atomic E-state index is 11.8. The van der Waals surface area contributed by atoms with Crippen molar-refractivity contribution in [3.63, 3.8) is 0 Å². The molecule has 0 aromatic carbocycles. The fourth-order valence-electron chi connectivity index (χ4n) is 2.13. The van der Waals surface area contributed by atoms with Gasteiger partial charge in [-0.2, -0.15) is 5.10 Å². The summed E-state index contributed by atoms with van der Waals surface area (Å²) >= 11 is 0. The largest absolute Gasteiger partial charge is 0.325 e. The van der Waals surface area contributed by atoms with Crippen LogP contribution >= 0.6 is 0 Å². The van der Waals surface area contributed by atoms with Gasteiger partial charge in [-0.05, 0) is 26.2 Å². The predicted octanol–water partition coefficient (Wildman–Crippen LogP) is 0.681. The molecule has 0 amide bonds. The summed E-state index contributed by atoms with van der Waals surface area (Å²) in [6.45, 7) is 2.73. The summed E-state index contributed by atoms with van der Waals surface area (Å²) in [4.78, 5) is 15.9. The van der Waals surface area contributed by atoms with Gasteiger partial charge < -0.3 is 5.73 Å². The summed E-state index contributed by atoms with van der Waals surface area (Å²) in [6, 6.07) is 0. The third kappa shape index (κ3) is 2.29. The normalized spacial score (nSPS) is 18.1. The lowest BCUT2D eigenvalue weighted by Gasteiger charge is -2.37. The second-order valence-corrected chi connectivity index (χ2v) is 4.60. The van der Waals surface area contributed by atoms with Crippen LogP contribution in [-0.2, 0) is 17.8 Å². The van der Waals surface area contributed by atoms with Crippen LogP contribution < -0.4 is 5.73 Å². The number of aromatic nitrogens is 3. The molecule has 5 heteroatoms. The second-order valence-electron chi connectivity index (χ2n) is 4.60. The highest BCUT2D eigenvalue weighted by Gasteiger charge is 2.34. The maximum Gasteiger partial charge on any atom is 0.142 e. The number of aryl methyl sites for hydroxylation is 1. The molecule has 0 atom stereocenters. The van der Waals surface area contributed by atoms with Crippen molar-refractivity contribution in [3.8, 4) is 0 Å². The maximum absolute atomic E-state index is 11.8. The lowest BCUT2D eigenvalue weighted by molar-refractivity contribution is -0.120. The number of carbonyl (C=O) groups is 1. The summed E-state index contributed by atoms with van der Waals surface area (Å²) in [7, 11) is 0. The van der Waals surface area contributed by atoms with E-state index in [1.807, 2.05) is 6.92 Å². The van der Waals surface area contributed by atoms with Crippen LogP contribution in [0.15, 0.2) is 6.33 Å². The molecule has 1 aliphatic carbocycles. The van der Waals surface area contributed by atoms with Gasteiger partial charge in [-0.15, -0.1) is 0 Å². The molecule has 2 rings (SSSR count). The Hall–Kier alpha value is -1.23. The first kappa shape index (κ1) is 11.3. The summed E-state index contributed by atoms with van der Waals surface area (Å²) < 4.78 is 1.75. The number of rotatable bonds is 5. The van der Waals surface area contributed by atoms with E-state index in [4.69, 9.17) is 5.73 Å². The standard InChI is InChI=1S/C11H18N4O/c1-2-15-10(13-8-14-15)6-9(16)7-11(12)4-3-5-11/h8H,2-7,12H2,1H3. The molecule has 1 heterocycles. The summed E-state index contributed by atoms with van der Waals surface area (Å²) in [5, 5.41) is 4.04. The highest BCUT2D eigenvalue weighted by Crippen LogP contribution is 2.32. The topological polar surface area (TPSA) is 73.8 Å². The monoisotopic (exact) mass is 222 g/mol. The van der Waals surface area contributed by atoms with Gasteiger partial charge in [-0.25, -0.2) is 9.67 Å². The lowest BCUT2D eigenvalue weighted by Crippen LogP contribution is -2.48. The Bertz CT molecular complexity index is 381. The molecule has 88 valence electrons. The van der Waals surface area contributed by atoms with E-state index >= 15 is 0 Å². The molecule has 1 aromatic heterocycles. The molecular weight excluding hydrogens is 204 g/mol. The van der Waals surface area contributed by atoms with Gasteiger partial charge in [0.2, 0.25) is 0 Å². The highest BCUT2D eigenvalue weighted by molar-refractivity contribution is 5.81. The predicted molar refractivity (Wildman–Crippen MR) is 59.8 cm³/mol. The first-order valence-electron chi connectivity index (χ1n) is 5.80. The molecule has 0 spiro atoms. The number of nitrogens with two attached hydrogens (primary N) is 1. The number of nitrogens with zero attached hydrogens (tertiary/aromatic N) is 3. The van der Waals surface area contributed by atoms with Crippen LogP contribution in [0.1, 0.15) is 38.4 Å². The Balaban J connectivity index is 1.92. The third-order valence-corrected chi connectivity index (χ3v) is 3.25. The van der Waals surface area contributed by atoms with Crippen molar-refractivity contribution in [2.24, 2.45) is 5.73 Å². The van der Waals surface area contributed by atoms with Crippen LogP contribution in [0.5, 0.6) is 0 Å². The van der Waals surface area contributed by atoms with Crippen LogP contribution in [0, 0.1) is 0 Å². The van der Waals surface area contributed by atoms with Crippen molar-refractivity contribution in [3.05, 3.63) is 12.2 Å². The first-order chi connectivity index (χ1) is 7.63. The average molecular weight is 222 g/mol. The molecular formula is C11H18N4O. The van der Waals surface area contributed by atoms with Crippen molar-refractivity contribution in [1.29, 1.82) is 0 Å². The van der Waals surface area contributed by atoms with Crippen molar-refractivity contribution >= 4 is 5.78 Å². The third-order valence-electron chi connectivity index (χ3n) is 3.25. The minimum atomic E-state index is -0.228. The van der Waals surface area contributed by atoms with Gasteiger partial charge in [-0.1, -0.05) is 0 Å². The first-order valence-corrected chi connectivity index (χ1v) is 5.80. The molecule has 1 aromatic rings. The molecule has 0 radical (unpaired) electrons. The fraction of sp³-hybridized carbons (Fsp3) is 0.727. The van der Waals surface area contributed by atoms with Crippen LogP contribution in [0.4, 0.5) is 0 Å². The average Bonchev–Trinajstić information content (AvgIpc) is 2.62. The molecule has 0 bridgehead atoms. The van der Waals surface area contributed by atoms with E-state index < -0.39 is 0 Å². The van der Waals surface area contributed by atoms with E-state index in [1.54, 1.807) is 4.68 Å². The quantitative estimate of drug-likeness (QED) is 0.795. The molecule has 16 heavy (non-hydrogen) atoms. The molecule has 0 aliphatic heterocycles. The number of hydrogen-bond donors (Lipinski definition) is 1. The van der Waals surface area contributed by atoms with E-state index in [0.717, 1.165) is 31.6 Å². The van der Waals surface area contributed by atoms with E-state index in [-0.39, 0.29) is 11.3 Å². The number of Topliss-reactive ketones (excluding diaryl/α,β-unsaturated/α-hetero) is 1. The molecule has 2 N–H and O–H groups in total. The molecule has 5 nitrogen and oxygen atoms in total. The van der Waals surface area contributed by atoms with Crippen LogP contribution in [0.2, 0.25) is 0 Å². The zero-order valence-corrected chi connectivity index (χ0v) is 9.65. The Kier molecular flexibility index (Phi) is 3.05. The SMILES string of the molecule is CCn1ncnc1CC(=O)CC1(N)CCC1. The van der Waals surface area contributed by atoms with Crippen LogP contribution in [-0.4, -0.2) is 26.1 Å². The van der Waals surface area contributed by atoms with E-state index in [2.05, 4.69) is 10.1 Å². The Labute approximate surface area is 95.0 Å². The minimum Gasteiger partial charge on any atom is -0.325 e. The number of ketones is 1.